The van der Waals surface area contributed by atoms with Crippen molar-refractivity contribution in [3.05, 3.63) is 66.2 Å². The van der Waals surface area contributed by atoms with Crippen LogP contribution in [0, 0.1) is 6.92 Å². The maximum atomic E-state index is 14.5. The lowest BCUT2D eigenvalue weighted by molar-refractivity contribution is 0.299. The summed E-state index contributed by atoms with van der Waals surface area (Å²) in [6.45, 7) is 10.6. The minimum Gasteiger partial charge on any atom is -0.378 e. The first-order valence-corrected chi connectivity index (χ1v) is 8.65. The molecule has 0 aromatic carbocycles. The average molecular weight is 341 g/mol. The minimum atomic E-state index is -1.11. The lowest BCUT2D eigenvalue weighted by Gasteiger charge is -2.21. The van der Waals surface area contributed by atoms with Crippen LogP contribution in [-0.4, -0.2) is 35.8 Å². The second kappa shape index (κ2) is 8.65. The molecule has 25 heavy (non-hydrogen) atoms. The zero-order valence-corrected chi connectivity index (χ0v) is 15.5. The van der Waals surface area contributed by atoms with Crippen molar-refractivity contribution in [2.75, 3.05) is 20.6 Å². The molecule has 1 aromatic heterocycles. The molecular formula is C21H28FN3. The van der Waals surface area contributed by atoms with Crippen LogP contribution in [0.5, 0.6) is 0 Å². The molecular weight excluding hydrogens is 313 g/mol. The highest BCUT2D eigenvalue weighted by molar-refractivity contribution is 5.95. The maximum absolute atomic E-state index is 14.5. The topological polar surface area (TPSA) is 20.5 Å². The molecule has 1 atom stereocenters. The molecule has 1 unspecified atom stereocenters. The van der Waals surface area contributed by atoms with E-state index in [1.54, 1.807) is 11.6 Å². The van der Waals surface area contributed by atoms with E-state index in [4.69, 9.17) is 0 Å². The first-order valence-electron chi connectivity index (χ1n) is 8.65. The zero-order chi connectivity index (χ0) is 18.4. The molecule has 0 radical (unpaired) electrons. The van der Waals surface area contributed by atoms with Crippen LogP contribution < -0.4 is 0 Å². The van der Waals surface area contributed by atoms with Gasteiger partial charge >= 0.3 is 0 Å². The number of fused-ring (bicyclic) bond motifs is 1. The van der Waals surface area contributed by atoms with Crippen molar-refractivity contribution in [1.82, 2.24) is 9.47 Å². The van der Waals surface area contributed by atoms with Crippen molar-refractivity contribution in [3.63, 3.8) is 0 Å². The number of halogens is 1. The lowest BCUT2D eigenvalue weighted by atomic mass is 10.1. The second-order valence-electron chi connectivity index (χ2n) is 6.36. The van der Waals surface area contributed by atoms with Crippen molar-refractivity contribution < 1.29 is 4.39 Å². The van der Waals surface area contributed by atoms with Gasteiger partial charge in [-0.15, -0.1) is 6.58 Å². The number of hydrogen-bond donors (Lipinski definition) is 0. The third-order valence-electron chi connectivity index (χ3n) is 4.61. The third kappa shape index (κ3) is 4.59. The summed E-state index contributed by atoms with van der Waals surface area (Å²) in [5.74, 6) is 0. The number of rotatable bonds is 9. The molecule has 0 aliphatic carbocycles. The number of aliphatic imine (C=N–C) groups is 1. The van der Waals surface area contributed by atoms with Gasteiger partial charge in [0, 0.05) is 55.4 Å². The predicted molar refractivity (Wildman–Crippen MR) is 106 cm³/mol. The average Bonchev–Trinajstić information content (AvgIpc) is 3.12. The Morgan fingerprint density at radius 2 is 2.16 bits per heavy atom. The maximum Gasteiger partial charge on any atom is 0.202 e. The Kier molecular flexibility index (Phi) is 6.57. The Balaban J connectivity index is 1.91. The highest BCUT2D eigenvalue weighted by Crippen LogP contribution is 2.33. The van der Waals surface area contributed by atoms with Gasteiger partial charge in [0.05, 0.1) is 0 Å². The van der Waals surface area contributed by atoms with E-state index in [1.807, 2.05) is 50.4 Å². The molecule has 3 nitrogen and oxygen atoms in total. The predicted octanol–water partition coefficient (Wildman–Crippen LogP) is 5.09. The number of alkyl halides is 1. The van der Waals surface area contributed by atoms with Crippen molar-refractivity contribution in [2.24, 2.45) is 4.99 Å². The fourth-order valence-electron chi connectivity index (χ4n) is 2.88. The molecule has 0 spiro atoms. The van der Waals surface area contributed by atoms with Crippen LogP contribution in [0.3, 0.4) is 0 Å². The molecule has 0 fully saturated rings. The van der Waals surface area contributed by atoms with Crippen molar-refractivity contribution >= 4 is 11.8 Å². The summed E-state index contributed by atoms with van der Waals surface area (Å²) < 4.78 is 16.3. The Morgan fingerprint density at radius 1 is 1.40 bits per heavy atom. The molecule has 0 bridgehead atoms. The summed E-state index contributed by atoms with van der Waals surface area (Å²) in [5.41, 5.74) is 4.56. The van der Waals surface area contributed by atoms with Crippen molar-refractivity contribution in [2.45, 2.75) is 32.5 Å². The molecule has 4 heteroatoms. The van der Waals surface area contributed by atoms with Gasteiger partial charge in [0.1, 0.15) is 0 Å². The van der Waals surface area contributed by atoms with E-state index in [-0.39, 0.29) is 0 Å². The van der Waals surface area contributed by atoms with Crippen molar-refractivity contribution in [1.29, 1.82) is 0 Å². The first kappa shape index (κ1) is 19.0. The third-order valence-corrected chi connectivity index (χ3v) is 4.61. The molecule has 1 aromatic rings. The molecule has 0 saturated heterocycles. The summed E-state index contributed by atoms with van der Waals surface area (Å²) in [7, 11) is 3.81. The number of aromatic nitrogens is 1. The van der Waals surface area contributed by atoms with Gasteiger partial charge in [0.2, 0.25) is 6.30 Å². The SMILES string of the molecule is C=CCCC(=C)N(C)CCC(/C=C\C1=Cc2ccc(C)n2C1F)=NC. The molecule has 134 valence electrons. The number of hydrogen-bond acceptors (Lipinski definition) is 2. The Bertz CT molecular complexity index is 721. The van der Waals surface area contributed by atoms with Crippen molar-refractivity contribution in [3.8, 4) is 0 Å². The Labute approximate surface area is 150 Å². The van der Waals surface area contributed by atoms with Crippen LogP contribution in [0.25, 0.3) is 6.08 Å². The van der Waals surface area contributed by atoms with E-state index in [1.165, 1.54) is 0 Å². The molecule has 1 aliphatic rings. The van der Waals surface area contributed by atoms with Gasteiger partial charge in [-0.05, 0) is 44.1 Å². The van der Waals surface area contributed by atoms with E-state index in [9.17, 15) is 4.39 Å². The molecule has 1 aliphatic heterocycles. The van der Waals surface area contributed by atoms with Crippen LogP contribution in [0.2, 0.25) is 0 Å². The number of nitrogens with zero attached hydrogens (tertiary/aromatic N) is 3. The highest BCUT2D eigenvalue weighted by Gasteiger charge is 2.23. The normalized spacial score (nSPS) is 16.9. The largest absolute Gasteiger partial charge is 0.378 e. The van der Waals surface area contributed by atoms with E-state index >= 15 is 0 Å². The highest BCUT2D eigenvalue weighted by atomic mass is 19.1. The smallest absolute Gasteiger partial charge is 0.202 e. The molecule has 2 rings (SSSR count). The number of aryl methyl sites for hydroxylation is 1. The van der Waals surface area contributed by atoms with E-state index in [2.05, 4.69) is 23.1 Å². The van der Waals surface area contributed by atoms with Crippen LogP contribution >= 0.6 is 0 Å². The quantitative estimate of drug-likeness (QED) is 0.452. The van der Waals surface area contributed by atoms with E-state index < -0.39 is 6.30 Å². The van der Waals surface area contributed by atoms with Crippen LogP contribution in [-0.2, 0) is 0 Å². The minimum absolute atomic E-state index is 0.670. The second-order valence-corrected chi connectivity index (χ2v) is 6.36. The standard InChI is InChI=1S/C21H28FN3/c1-6-7-8-16(2)24(5)14-13-19(23-4)11-10-18-15-20-12-9-17(3)25(20)21(18)22/h6,9-12,15,21H,1-2,7-8,13-14H2,3-5H3/b11-10-,23-19?. The summed E-state index contributed by atoms with van der Waals surface area (Å²) in [4.78, 5) is 6.47. The summed E-state index contributed by atoms with van der Waals surface area (Å²) in [6, 6.07) is 3.88. The van der Waals surface area contributed by atoms with Crippen LogP contribution in [0.15, 0.2) is 59.8 Å². The summed E-state index contributed by atoms with van der Waals surface area (Å²) >= 11 is 0. The Morgan fingerprint density at radius 3 is 2.80 bits per heavy atom. The fraction of sp³-hybridized carbons (Fsp3) is 0.381. The van der Waals surface area contributed by atoms with Gasteiger partial charge < -0.3 is 9.47 Å². The number of allylic oxidation sites excluding steroid dienone is 5. The molecule has 2 heterocycles. The van der Waals surface area contributed by atoms with E-state index in [0.29, 0.717) is 5.57 Å². The first-order chi connectivity index (χ1) is 12.0. The van der Waals surface area contributed by atoms with E-state index in [0.717, 1.165) is 48.6 Å². The monoisotopic (exact) mass is 341 g/mol. The van der Waals surface area contributed by atoms with Gasteiger partial charge in [0.15, 0.2) is 0 Å². The van der Waals surface area contributed by atoms with Gasteiger partial charge in [0.25, 0.3) is 0 Å². The summed E-state index contributed by atoms with van der Waals surface area (Å²) in [6.07, 6.45) is 9.10. The van der Waals surface area contributed by atoms with Gasteiger partial charge in [-0.1, -0.05) is 18.7 Å². The lowest BCUT2D eigenvalue weighted by Crippen LogP contribution is -2.20. The molecule has 0 N–H and O–H groups in total. The zero-order valence-electron chi connectivity index (χ0n) is 15.5. The van der Waals surface area contributed by atoms with Gasteiger partial charge in [-0.2, -0.15) is 0 Å². The molecule has 0 amide bonds. The van der Waals surface area contributed by atoms with Crippen LogP contribution in [0.4, 0.5) is 4.39 Å². The van der Waals surface area contributed by atoms with Gasteiger partial charge in [-0.25, -0.2) is 4.39 Å². The van der Waals surface area contributed by atoms with Crippen LogP contribution in [0.1, 0.15) is 36.9 Å². The summed E-state index contributed by atoms with van der Waals surface area (Å²) in [5, 5.41) is 0. The molecule has 0 saturated carbocycles. The van der Waals surface area contributed by atoms with Gasteiger partial charge in [-0.3, -0.25) is 4.99 Å². The Hall–Kier alpha value is -2.36. The fourth-order valence-corrected chi connectivity index (χ4v) is 2.88.